The van der Waals surface area contributed by atoms with Crippen molar-refractivity contribution in [2.24, 2.45) is 0 Å². The van der Waals surface area contributed by atoms with Gasteiger partial charge in [0.15, 0.2) is 0 Å². The maximum Gasteiger partial charge on any atom is 0.0541 e. The number of hydrogen-bond acceptors (Lipinski definition) is 0. The molecular formula is C44H29N. The minimum Gasteiger partial charge on any atom is -0.309 e. The number of nitrogens with zero attached hydrogens (tertiary/aromatic N) is 1. The second-order valence-electron chi connectivity index (χ2n) is 11.7. The van der Waals surface area contributed by atoms with Crippen LogP contribution in [0.1, 0.15) is 0 Å². The summed E-state index contributed by atoms with van der Waals surface area (Å²) in [5, 5.41) is 7.67. The fourth-order valence-electron chi connectivity index (χ4n) is 7.15. The molecule has 45 heavy (non-hydrogen) atoms. The van der Waals surface area contributed by atoms with Crippen molar-refractivity contribution in [1.82, 2.24) is 4.57 Å². The van der Waals surface area contributed by atoms with E-state index in [1.807, 2.05) is 0 Å². The fourth-order valence-corrected chi connectivity index (χ4v) is 7.15. The number of aromatic nitrogens is 1. The van der Waals surface area contributed by atoms with E-state index >= 15 is 0 Å². The third kappa shape index (κ3) is 4.17. The van der Waals surface area contributed by atoms with Gasteiger partial charge in [0.25, 0.3) is 0 Å². The van der Waals surface area contributed by atoms with E-state index < -0.39 is 0 Å². The molecule has 1 heteroatoms. The Labute approximate surface area is 262 Å². The molecule has 0 N–H and O–H groups in total. The van der Waals surface area contributed by atoms with Gasteiger partial charge in [-0.3, -0.25) is 0 Å². The van der Waals surface area contributed by atoms with Crippen LogP contribution in [0.2, 0.25) is 0 Å². The Kier molecular flexibility index (Phi) is 5.89. The van der Waals surface area contributed by atoms with Crippen molar-refractivity contribution in [2.75, 3.05) is 0 Å². The molecule has 1 aromatic heterocycles. The smallest absolute Gasteiger partial charge is 0.0541 e. The first-order chi connectivity index (χ1) is 22.3. The molecule has 0 radical (unpaired) electrons. The highest BCUT2D eigenvalue weighted by molar-refractivity contribution is 6.14. The molecule has 0 fully saturated rings. The number of para-hydroxylation sites is 2. The Morgan fingerprint density at radius 3 is 1.47 bits per heavy atom. The van der Waals surface area contributed by atoms with Crippen molar-refractivity contribution in [3.8, 4) is 39.1 Å². The van der Waals surface area contributed by atoms with E-state index in [4.69, 9.17) is 0 Å². The first kappa shape index (κ1) is 25.6. The molecule has 0 unspecified atom stereocenters. The lowest BCUT2D eigenvalue weighted by Gasteiger charge is -2.15. The molecule has 210 valence electrons. The Hall–Kier alpha value is -5.92. The van der Waals surface area contributed by atoms with E-state index in [9.17, 15) is 0 Å². The van der Waals surface area contributed by atoms with Gasteiger partial charge in [-0.2, -0.15) is 0 Å². The summed E-state index contributed by atoms with van der Waals surface area (Å²) in [6, 6.07) is 64.0. The molecule has 1 nitrogen and oxygen atoms in total. The fraction of sp³-hybridized carbons (Fsp3) is 0. The molecule has 8 aromatic carbocycles. The molecule has 9 aromatic rings. The molecule has 0 aliphatic rings. The highest BCUT2D eigenvalue weighted by atomic mass is 15.0. The Bertz CT molecular complexity index is 2500. The summed E-state index contributed by atoms with van der Waals surface area (Å²) in [7, 11) is 0. The van der Waals surface area contributed by atoms with Crippen LogP contribution in [0, 0.1) is 0 Å². The molecule has 0 saturated heterocycles. The Morgan fingerprint density at radius 1 is 0.289 bits per heavy atom. The van der Waals surface area contributed by atoms with Gasteiger partial charge < -0.3 is 4.57 Å². The highest BCUT2D eigenvalue weighted by Crippen LogP contribution is 2.39. The topological polar surface area (TPSA) is 4.93 Å². The third-order valence-electron chi connectivity index (χ3n) is 9.18. The summed E-state index contributed by atoms with van der Waals surface area (Å²) in [4.78, 5) is 0. The lowest BCUT2D eigenvalue weighted by Crippen LogP contribution is -1.94. The van der Waals surface area contributed by atoms with Crippen LogP contribution in [0.4, 0.5) is 0 Å². The lowest BCUT2D eigenvalue weighted by atomic mass is 9.90. The minimum absolute atomic E-state index is 1.16. The van der Waals surface area contributed by atoms with E-state index in [0.717, 1.165) is 5.69 Å². The number of rotatable bonds is 4. The summed E-state index contributed by atoms with van der Waals surface area (Å²) < 4.78 is 2.39. The van der Waals surface area contributed by atoms with Crippen molar-refractivity contribution in [3.05, 3.63) is 176 Å². The zero-order valence-electron chi connectivity index (χ0n) is 24.7. The number of hydrogen-bond donors (Lipinski definition) is 0. The van der Waals surface area contributed by atoms with Crippen molar-refractivity contribution < 1.29 is 0 Å². The van der Waals surface area contributed by atoms with Crippen LogP contribution in [0.5, 0.6) is 0 Å². The standard InChI is InChI=1S/C44H29N/c1-2-20-37-33(13-1)29-42(39-22-6-5-21-38(37)39)31-15-11-14-30(27-31)35-18-3-4-19-36(35)32-16-12-17-34(28-32)45-43-25-9-7-23-40(43)41-24-8-10-26-44(41)45/h1-29H. The number of benzene rings is 8. The third-order valence-corrected chi connectivity index (χ3v) is 9.18. The van der Waals surface area contributed by atoms with Gasteiger partial charge in [0, 0.05) is 16.5 Å². The van der Waals surface area contributed by atoms with E-state index in [2.05, 4.69) is 180 Å². The second-order valence-corrected chi connectivity index (χ2v) is 11.7. The molecule has 0 aliphatic carbocycles. The SMILES string of the molecule is c1cc(-c2ccccc2-c2cccc(-n3c4ccccc4c4ccccc43)c2)cc(-c2cc3ccccc3c3ccccc23)c1. The van der Waals surface area contributed by atoms with E-state index in [1.54, 1.807) is 0 Å². The van der Waals surface area contributed by atoms with Gasteiger partial charge in [-0.15, -0.1) is 0 Å². The highest BCUT2D eigenvalue weighted by Gasteiger charge is 2.14. The van der Waals surface area contributed by atoms with Crippen LogP contribution in [-0.2, 0) is 0 Å². The van der Waals surface area contributed by atoms with Gasteiger partial charge in [-0.1, -0.05) is 140 Å². The summed E-state index contributed by atoms with van der Waals surface area (Å²) in [5.41, 5.74) is 11.0. The summed E-state index contributed by atoms with van der Waals surface area (Å²) in [5.74, 6) is 0. The van der Waals surface area contributed by atoms with Crippen molar-refractivity contribution in [2.45, 2.75) is 0 Å². The normalized spacial score (nSPS) is 11.6. The maximum atomic E-state index is 2.39. The molecule has 0 amide bonds. The predicted molar refractivity (Wildman–Crippen MR) is 192 cm³/mol. The van der Waals surface area contributed by atoms with E-state index in [1.165, 1.54) is 76.7 Å². The summed E-state index contributed by atoms with van der Waals surface area (Å²) >= 11 is 0. The van der Waals surface area contributed by atoms with Crippen LogP contribution in [0.25, 0.3) is 82.4 Å². The van der Waals surface area contributed by atoms with E-state index in [0.29, 0.717) is 0 Å². The average molecular weight is 572 g/mol. The summed E-state index contributed by atoms with van der Waals surface area (Å²) in [6.07, 6.45) is 0. The quantitative estimate of drug-likeness (QED) is 0.185. The Balaban J connectivity index is 1.20. The van der Waals surface area contributed by atoms with Gasteiger partial charge in [0.2, 0.25) is 0 Å². The van der Waals surface area contributed by atoms with Crippen LogP contribution in [-0.4, -0.2) is 4.57 Å². The largest absolute Gasteiger partial charge is 0.309 e. The van der Waals surface area contributed by atoms with Crippen LogP contribution in [0.3, 0.4) is 0 Å². The molecule has 0 spiro atoms. The summed E-state index contributed by atoms with van der Waals surface area (Å²) in [6.45, 7) is 0. The van der Waals surface area contributed by atoms with Crippen LogP contribution in [0.15, 0.2) is 176 Å². The zero-order valence-corrected chi connectivity index (χ0v) is 24.7. The molecular weight excluding hydrogens is 542 g/mol. The molecule has 1 heterocycles. The molecule has 0 saturated carbocycles. The van der Waals surface area contributed by atoms with Gasteiger partial charge in [0.05, 0.1) is 11.0 Å². The molecule has 0 atom stereocenters. The maximum absolute atomic E-state index is 2.39. The number of fused-ring (bicyclic) bond motifs is 6. The lowest BCUT2D eigenvalue weighted by molar-refractivity contribution is 1.18. The molecule has 9 rings (SSSR count). The predicted octanol–water partition coefficient (Wildman–Crippen LogP) is 12.1. The van der Waals surface area contributed by atoms with E-state index in [-0.39, 0.29) is 0 Å². The zero-order chi connectivity index (χ0) is 29.7. The monoisotopic (exact) mass is 571 g/mol. The van der Waals surface area contributed by atoms with Crippen molar-refractivity contribution in [1.29, 1.82) is 0 Å². The molecule has 0 bridgehead atoms. The van der Waals surface area contributed by atoms with Gasteiger partial charge in [-0.25, -0.2) is 0 Å². The Morgan fingerprint density at radius 2 is 0.778 bits per heavy atom. The first-order valence-electron chi connectivity index (χ1n) is 15.5. The second kappa shape index (κ2) is 10.4. The van der Waals surface area contributed by atoms with Crippen LogP contribution < -0.4 is 0 Å². The molecule has 0 aliphatic heterocycles. The van der Waals surface area contributed by atoms with Crippen molar-refractivity contribution in [3.63, 3.8) is 0 Å². The van der Waals surface area contributed by atoms with Gasteiger partial charge >= 0.3 is 0 Å². The average Bonchev–Trinajstić information content (AvgIpc) is 3.46. The minimum atomic E-state index is 1.16. The van der Waals surface area contributed by atoms with Gasteiger partial charge in [0.1, 0.15) is 0 Å². The van der Waals surface area contributed by atoms with Crippen LogP contribution >= 0.6 is 0 Å². The van der Waals surface area contributed by atoms with Crippen molar-refractivity contribution >= 4 is 43.4 Å². The first-order valence-corrected chi connectivity index (χ1v) is 15.5. The van der Waals surface area contributed by atoms with Gasteiger partial charge in [-0.05, 0) is 91.3 Å².